The van der Waals surface area contributed by atoms with Gasteiger partial charge in [0.25, 0.3) is 5.91 Å². The zero-order valence-electron chi connectivity index (χ0n) is 15.1. The normalized spacial score (nSPS) is 10.4. The Balaban J connectivity index is 1.95. The summed E-state index contributed by atoms with van der Waals surface area (Å²) in [4.78, 5) is 21.3. The smallest absolute Gasteiger partial charge is 0.270 e. The van der Waals surface area contributed by atoms with E-state index >= 15 is 0 Å². The van der Waals surface area contributed by atoms with Crippen molar-refractivity contribution < 1.29 is 9.18 Å². The molecule has 1 aromatic heterocycles. The van der Waals surface area contributed by atoms with Crippen LogP contribution in [0.4, 0.5) is 15.9 Å². The number of nitrogens with zero attached hydrogens (tertiary/aromatic N) is 2. The summed E-state index contributed by atoms with van der Waals surface area (Å²) < 4.78 is 14.0. The van der Waals surface area contributed by atoms with Crippen LogP contribution < -0.4 is 10.6 Å². The van der Waals surface area contributed by atoms with Crippen LogP contribution in [0.2, 0.25) is 0 Å². The Morgan fingerprint density at radius 2 is 1.78 bits per heavy atom. The predicted molar refractivity (Wildman–Crippen MR) is 104 cm³/mol. The van der Waals surface area contributed by atoms with Crippen molar-refractivity contribution in [1.29, 1.82) is 0 Å². The molecule has 2 N–H and O–H groups in total. The van der Waals surface area contributed by atoms with E-state index in [0.29, 0.717) is 18.2 Å². The molecule has 0 saturated heterocycles. The molecule has 0 bridgehead atoms. The van der Waals surface area contributed by atoms with Gasteiger partial charge in [-0.1, -0.05) is 55.8 Å². The number of para-hydroxylation sites is 1. The van der Waals surface area contributed by atoms with Crippen molar-refractivity contribution in [3.63, 3.8) is 0 Å². The van der Waals surface area contributed by atoms with Crippen LogP contribution in [0, 0.1) is 5.82 Å². The highest BCUT2D eigenvalue weighted by Gasteiger charge is 2.13. The average molecular weight is 364 g/mol. The molecule has 138 valence electrons. The quantitative estimate of drug-likeness (QED) is 0.603. The number of benzene rings is 2. The molecular formula is C21H21FN4O. The van der Waals surface area contributed by atoms with E-state index in [4.69, 9.17) is 0 Å². The number of halogens is 1. The second kappa shape index (κ2) is 8.89. The number of aromatic nitrogens is 2. The topological polar surface area (TPSA) is 66.9 Å². The summed E-state index contributed by atoms with van der Waals surface area (Å²) in [5, 5.41) is 5.79. The second-order valence-corrected chi connectivity index (χ2v) is 6.04. The number of amides is 1. The lowest BCUT2D eigenvalue weighted by Crippen LogP contribution is -2.25. The van der Waals surface area contributed by atoms with E-state index in [2.05, 4.69) is 27.5 Å². The van der Waals surface area contributed by atoms with Gasteiger partial charge in [0, 0.05) is 18.2 Å². The SMILES string of the molecule is CCCCNC(=O)c1cc(Nc2ccccc2F)nc(-c2ccccc2)n1. The van der Waals surface area contributed by atoms with E-state index in [0.717, 1.165) is 18.4 Å². The van der Waals surface area contributed by atoms with Crippen LogP contribution in [0.1, 0.15) is 30.3 Å². The van der Waals surface area contributed by atoms with Crippen LogP contribution in [0.25, 0.3) is 11.4 Å². The van der Waals surface area contributed by atoms with E-state index in [1.54, 1.807) is 18.2 Å². The third-order valence-corrected chi connectivity index (χ3v) is 3.94. The van der Waals surface area contributed by atoms with Crippen LogP contribution in [0.5, 0.6) is 0 Å². The molecule has 1 heterocycles. The van der Waals surface area contributed by atoms with Crippen LogP contribution in [0.3, 0.4) is 0 Å². The molecule has 0 aliphatic carbocycles. The van der Waals surface area contributed by atoms with Gasteiger partial charge in [0.15, 0.2) is 5.82 Å². The van der Waals surface area contributed by atoms with Gasteiger partial charge in [-0.3, -0.25) is 4.79 Å². The molecule has 3 aromatic rings. The van der Waals surface area contributed by atoms with Crippen molar-refractivity contribution in [2.45, 2.75) is 19.8 Å². The first kappa shape index (κ1) is 18.5. The maximum absolute atomic E-state index is 14.0. The van der Waals surface area contributed by atoms with Gasteiger partial charge >= 0.3 is 0 Å². The van der Waals surface area contributed by atoms with Crippen LogP contribution >= 0.6 is 0 Å². The number of carbonyl (C=O) groups excluding carboxylic acids is 1. The fourth-order valence-corrected chi connectivity index (χ4v) is 2.51. The Labute approximate surface area is 157 Å². The van der Waals surface area contributed by atoms with E-state index < -0.39 is 5.82 Å². The minimum Gasteiger partial charge on any atom is -0.351 e. The molecule has 2 aromatic carbocycles. The van der Waals surface area contributed by atoms with Gasteiger partial charge in [0.05, 0.1) is 5.69 Å². The molecule has 0 unspecified atom stereocenters. The molecule has 0 radical (unpaired) electrons. The molecule has 6 heteroatoms. The number of unbranched alkanes of at least 4 members (excludes halogenated alkanes) is 1. The summed E-state index contributed by atoms with van der Waals surface area (Å²) in [5.74, 6) is 0.0816. The Morgan fingerprint density at radius 1 is 1.04 bits per heavy atom. The fourth-order valence-electron chi connectivity index (χ4n) is 2.51. The number of anilines is 2. The van der Waals surface area contributed by atoms with Crippen molar-refractivity contribution >= 4 is 17.4 Å². The first-order valence-electron chi connectivity index (χ1n) is 8.91. The molecule has 0 aliphatic heterocycles. The lowest BCUT2D eigenvalue weighted by atomic mass is 10.2. The van der Waals surface area contributed by atoms with Gasteiger partial charge in [-0.25, -0.2) is 14.4 Å². The first-order chi connectivity index (χ1) is 13.2. The summed E-state index contributed by atoms with van der Waals surface area (Å²) >= 11 is 0. The predicted octanol–water partition coefficient (Wildman–Crippen LogP) is 4.56. The zero-order valence-corrected chi connectivity index (χ0v) is 15.1. The molecule has 0 fully saturated rings. The maximum atomic E-state index is 14.0. The average Bonchev–Trinajstić information content (AvgIpc) is 2.70. The molecule has 0 aliphatic rings. The Hall–Kier alpha value is -3.28. The van der Waals surface area contributed by atoms with Crippen LogP contribution in [-0.4, -0.2) is 22.4 Å². The van der Waals surface area contributed by atoms with Crippen molar-refractivity contribution in [2.75, 3.05) is 11.9 Å². The Kier molecular flexibility index (Phi) is 6.10. The van der Waals surface area contributed by atoms with E-state index in [-0.39, 0.29) is 17.3 Å². The summed E-state index contributed by atoms with van der Waals surface area (Å²) in [5.41, 5.74) is 1.30. The third kappa shape index (κ3) is 4.88. The molecule has 3 rings (SSSR count). The largest absolute Gasteiger partial charge is 0.351 e. The van der Waals surface area contributed by atoms with E-state index in [1.165, 1.54) is 12.1 Å². The molecule has 0 atom stereocenters. The van der Waals surface area contributed by atoms with E-state index in [1.807, 2.05) is 30.3 Å². The van der Waals surface area contributed by atoms with Gasteiger partial charge in [-0.15, -0.1) is 0 Å². The lowest BCUT2D eigenvalue weighted by Gasteiger charge is -2.11. The number of rotatable bonds is 7. The van der Waals surface area contributed by atoms with Gasteiger partial charge in [-0.05, 0) is 18.6 Å². The Bertz CT molecular complexity index is 915. The van der Waals surface area contributed by atoms with Gasteiger partial charge < -0.3 is 10.6 Å². The minimum absolute atomic E-state index is 0.235. The molecular weight excluding hydrogens is 343 g/mol. The van der Waals surface area contributed by atoms with Gasteiger partial charge in [0.1, 0.15) is 17.3 Å². The lowest BCUT2D eigenvalue weighted by molar-refractivity contribution is 0.0948. The molecule has 0 spiro atoms. The molecule has 0 saturated carbocycles. The van der Waals surface area contributed by atoms with Crippen LogP contribution in [-0.2, 0) is 0 Å². The first-order valence-corrected chi connectivity index (χ1v) is 8.91. The summed E-state index contributed by atoms with van der Waals surface area (Å²) in [6.45, 7) is 2.64. The monoisotopic (exact) mass is 364 g/mol. The van der Waals surface area contributed by atoms with Gasteiger partial charge in [-0.2, -0.15) is 0 Å². The maximum Gasteiger partial charge on any atom is 0.270 e. The highest BCUT2D eigenvalue weighted by Crippen LogP contribution is 2.22. The van der Waals surface area contributed by atoms with Crippen molar-refractivity contribution in [3.8, 4) is 11.4 Å². The van der Waals surface area contributed by atoms with Crippen molar-refractivity contribution in [3.05, 3.63) is 72.2 Å². The minimum atomic E-state index is -0.397. The number of carbonyl (C=O) groups is 1. The molecule has 27 heavy (non-hydrogen) atoms. The van der Waals surface area contributed by atoms with Crippen molar-refractivity contribution in [2.24, 2.45) is 0 Å². The zero-order chi connectivity index (χ0) is 19.1. The molecule has 1 amide bonds. The van der Waals surface area contributed by atoms with E-state index in [9.17, 15) is 9.18 Å². The van der Waals surface area contributed by atoms with Crippen LogP contribution in [0.15, 0.2) is 60.7 Å². The number of nitrogens with one attached hydrogen (secondary N) is 2. The second-order valence-electron chi connectivity index (χ2n) is 6.04. The van der Waals surface area contributed by atoms with Crippen molar-refractivity contribution in [1.82, 2.24) is 15.3 Å². The number of hydrogen-bond acceptors (Lipinski definition) is 4. The number of hydrogen-bond donors (Lipinski definition) is 2. The molecule has 5 nitrogen and oxygen atoms in total. The highest BCUT2D eigenvalue weighted by atomic mass is 19.1. The highest BCUT2D eigenvalue weighted by molar-refractivity contribution is 5.93. The third-order valence-electron chi connectivity index (χ3n) is 3.94. The summed E-state index contributed by atoms with van der Waals surface area (Å²) in [7, 11) is 0. The fraction of sp³-hybridized carbons (Fsp3) is 0.190. The summed E-state index contributed by atoms with van der Waals surface area (Å²) in [6.07, 6.45) is 1.88. The summed E-state index contributed by atoms with van der Waals surface area (Å²) in [6, 6.07) is 17.2. The standard InChI is InChI=1S/C21H21FN4O/c1-2-3-13-23-21(27)18-14-19(24-17-12-8-7-11-16(17)22)26-20(25-18)15-9-5-4-6-10-15/h4-12,14H,2-3,13H2,1H3,(H,23,27)(H,24,25,26). The van der Waals surface area contributed by atoms with Gasteiger partial charge in [0.2, 0.25) is 0 Å². The Morgan fingerprint density at radius 3 is 2.52 bits per heavy atom.